The van der Waals surface area contributed by atoms with Crippen LogP contribution in [0.3, 0.4) is 0 Å². The van der Waals surface area contributed by atoms with Crippen LogP contribution in [0.2, 0.25) is 0 Å². The third-order valence-electron chi connectivity index (χ3n) is 3.66. The predicted molar refractivity (Wildman–Crippen MR) is 80.1 cm³/mol. The van der Waals surface area contributed by atoms with Gasteiger partial charge in [0.2, 0.25) is 5.91 Å². The first-order valence-electron chi connectivity index (χ1n) is 7.31. The maximum absolute atomic E-state index is 13.1. The summed E-state index contributed by atoms with van der Waals surface area (Å²) in [6.45, 7) is 0.951. The highest BCUT2D eigenvalue weighted by Crippen LogP contribution is 2.12. The van der Waals surface area contributed by atoms with E-state index in [-0.39, 0.29) is 18.9 Å². The molecule has 7 heteroatoms. The topological polar surface area (TPSA) is 71.8 Å². The van der Waals surface area contributed by atoms with Gasteiger partial charge in [0.15, 0.2) is 5.82 Å². The van der Waals surface area contributed by atoms with Crippen LogP contribution in [0.5, 0.6) is 0 Å². The molecule has 6 nitrogen and oxygen atoms in total. The highest BCUT2D eigenvalue weighted by molar-refractivity contribution is 5.94. The molecular weight excluding hydrogens is 285 g/mol. The third kappa shape index (κ3) is 3.67. The summed E-state index contributed by atoms with van der Waals surface area (Å²) in [5.74, 6) is 0.253. The third-order valence-corrected chi connectivity index (χ3v) is 3.66. The molecule has 22 heavy (non-hydrogen) atoms. The van der Waals surface area contributed by atoms with Gasteiger partial charge in [-0.25, -0.2) is 4.39 Å². The van der Waals surface area contributed by atoms with E-state index in [2.05, 4.69) is 20.7 Å². The summed E-state index contributed by atoms with van der Waals surface area (Å²) in [7, 11) is 0. The molecule has 0 radical (unpaired) electrons. The van der Waals surface area contributed by atoms with Gasteiger partial charge in [-0.1, -0.05) is 0 Å². The monoisotopic (exact) mass is 303 g/mol. The predicted octanol–water partition coefficient (Wildman–Crippen LogP) is 1.16. The number of nitrogens with one attached hydrogen (secondary N) is 2. The van der Waals surface area contributed by atoms with E-state index in [4.69, 9.17) is 0 Å². The first kappa shape index (κ1) is 14.6. The van der Waals surface area contributed by atoms with Crippen molar-refractivity contribution in [3.05, 3.63) is 42.4 Å². The molecule has 1 saturated heterocycles. The lowest BCUT2D eigenvalue weighted by atomic mass is 10.2. The Morgan fingerprint density at radius 1 is 1.41 bits per heavy atom. The average Bonchev–Trinajstić information content (AvgIpc) is 3.15. The Balaban J connectivity index is 1.51. The standard InChI is InChI=1S/C15H18FN5O/c16-12-9-13(18-10-12)15(22)19-14-4-8-21(20-14)7-3-11-1-5-17-6-2-11/h1-2,4-6,8,12-13,18H,3,7,9-10H2,(H,19,20,22)/t12-,13+/m0/s1. The summed E-state index contributed by atoms with van der Waals surface area (Å²) in [5.41, 5.74) is 1.18. The molecule has 3 heterocycles. The van der Waals surface area contributed by atoms with Gasteiger partial charge in [-0.15, -0.1) is 0 Å². The van der Waals surface area contributed by atoms with Crippen LogP contribution in [0.25, 0.3) is 0 Å². The van der Waals surface area contributed by atoms with Crippen LogP contribution < -0.4 is 10.6 Å². The molecule has 2 N–H and O–H groups in total. The minimum Gasteiger partial charge on any atom is -0.308 e. The van der Waals surface area contributed by atoms with Gasteiger partial charge in [0.25, 0.3) is 0 Å². The van der Waals surface area contributed by atoms with E-state index in [0.717, 1.165) is 6.42 Å². The molecule has 1 fully saturated rings. The van der Waals surface area contributed by atoms with E-state index in [1.165, 1.54) is 5.56 Å². The first-order valence-corrected chi connectivity index (χ1v) is 7.31. The number of halogens is 1. The number of alkyl halides is 1. The summed E-state index contributed by atoms with van der Waals surface area (Å²) in [6, 6.07) is 5.19. The van der Waals surface area contributed by atoms with Crippen LogP contribution >= 0.6 is 0 Å². The first-order chi connectivity index (χ1) is 10.7. The highest BCUT2D eigenvalue weighted by atomic mass is 19.1. The van der Waals surface area contributed by atoms with Gasteiger partial charge in [-0.3, -0.25) is 14.5 Å². The van der Waals surface area contributed by atoms with E-state index in [1.54, 1.807) is 23.1 Å². The largest absolute Gasteiger partial charge is 0.308 e. The number of nitrogens with zero attached hydrogens (tertiary/aromatic N) is 3. The van der Waals surface area contributed by atoms with Gasteiger partial charge in [0.1, 0.15) is 6.17 Å². The number of anilines is 1. The van der Waals surface area contributed by atoms with E-state index in [9.17, 15) is 9.18 Å². The zero-order valence-corrected chi connectivity index (χ0v) is 12.1. The molecule has 0 unspecified atom stereocenters. The minimum absolute atomic E-state index is 0.217. The molecule has 2 aromatic rings. The summed E-state index contributed by atoms with van der Waals surface area (Å²) in [6.07, 6.45) is 5.44. The number of carbonyl (C=O) groups is 1. The molecule has 1 aliphatic rings. The zero-order chi connectivity index (χ0) is 15.4. The summed E-state index contributed by atoms with van der Waals surface area (Å²) in [4.78, 5) is 15.9. The van der Waals surface area contributed by atoms with Gasteiger partial charge in [0.05, 0.1) is 6.04 Å². The molecule has 1 aliphatic heterocycles. The lowest BCUT2D eigenvalue weighted by molar-refractivity contribution is -0.117. The van der Waals surface area contributed by atoms with Crippen LogP contribution in [0.4, 0.5) is 10.2 Å². The van der Waals surface area contributed by atoms with Crippen molar-refractivity contribution in [2.45, 2.75) is 31.6 Å². The molecule has 116 valence electrons. The second kappa shape index (κ2) is 6.65. The number of aryl methyl sites for hydroxylation is 2. The number of amides is 1. The molecule has 0 bridgehead atoms. The highest BCUT2D eigenvalue weighted by Gasteiger charge is 2.29. The fourth-order valence-corrected chi connectivity index (χ4v) is 2.45. The van der Waals surface area contributed by atoms with Crippen molar-refractivity contribution in [3.8, 4) is 0 Å². The van der Waals surface area contributed by atoms with E-state index < -0.39 is 12.2 Å². The number of carbonyl (C=O) groups excluding carboxylic acids is 1. The van der Waals surface area contributed by atoms with E-state index >= 15 is 0 Å². The van der Waals surface area contributed by atoms with Crippen LogP contribution in [0, 0.1) is 0 Å². The molecule has 1 amide bonds. The number of rotatable bonds is 5. The molecule has 0 aliphatic carbocycles. The summed E-state index contributed by atoms with van der Waals surface area (Å²) < 4.78 is 14.8. The van der Waals surface area contributed by atoms with Crippen LogP contribution in [-0.4, -0.2) is 39.4 Å². The Kier molecular flexibility index (Phi) is 4.43. The van der Waals surface area contributed by atoms with Gasteiger partial charge in [-0.2, -0.15) is 5.10 Å². The Labute approximate surface area is 127 Å². The van der Waals surface area contributed by atoms with Crippen molar-refractivity contribution in [2.75, 3.05) is 11.9 Å². The average molecular weight is 303 g/mol. The maximum atomic E-state index is 13.1. The lowest BCUT2D eigenvalue weighted by Gasteiger charge is -2.08. The Morgan fingerprint density at radius 2 is 2.23 bits per heavy atom. The van der Waals surface area contributed by atoms with Gasteiger partial charge in [0, 0.05) is 44.2 Å². The summed E-state index contributed by atoms with van der Waals surface area (Å²) in [5, 5.41) is 9.87. The molecule has 2 aromatic heterocycles. The van der Waals surface area contributed by atoms with E-state index in [0.29, 0.717) is 12.4 Å². The number of aromatic nitrogens is 3. The second-order valence-electron chi connectivity index (χ2n) is 5.35. The van der Waals surface area contributed by atoms with Crippen molar-refractivity contribution in [2.24, 2.45) is 0 Å². The van der Waals surface area contributed by atoms with Crippen molar-refractivity contribution >= 4 is 11.7 Å². The van der Waals surface area contributed by atoms with Crippen molar-refractivity contribution in [3.63, 3.8) is 0 Å². The molecular formula is C15H18FN5O. The Morgan fingerprint density at radius 3 is 2.95 bits per heavy atom. The van der Waals surface area contributed by atoms with Crippen molar-refractivity contribution in [1.82, 2.24) is 20.1 Å². The molecule has 0 saturated carbocycles. The fourth-order valence-electron chi connectivity index (χ4n) is 2.45. The second-order valence-corrected chi connectivity index (χ2v) is 5.35. The van der Waals surface area contributed by atoms with Crippen LogP contribution in [0.15, 0.2) is 36.8 Å². The molecule has 3 rings (SSSR count). The lowest BCUT2D eigenvalue weighted by Crippen LogP contribution is -2.35. The number of hydrogen-bond acceptors (Lipinski definition) is 4. The Hall–Kier alpha value is -2.28. The van der Waals surface area contributed by atoms with Gasteiger partial charge in [-0.05, 0) is 24.1 Å². The maximum Gasteiger partial charge on any atom is 0.242 e. The van der Waals surface area contributed by atoms with Crippen molar-refractivity contribution < 1.29 is 9.18 Å². The van der Waals surface area contributed by atoms with Gasteiger partial charge >= 0.3 is 0 Å². The van der Waals surface area contributed by atoms with Crippen molar-refractivity contribution in [1.29, 1.82) is 0 Å². The normalized spacial score (nSPS) is 21.0. The van der Waals surface area contributed by atoms with Gasteiger partial charge < -0.3 is 10.6 Å². The SMILES string of the molecule is O=C(Nc1ccn(CCc2ccncc2)n1)[C@H]1C[C@H](F)CN1. The number of hydrogen-bond donors (Lipinski definition) is 2. The zero-order valence-electron chi connectivity index (χ0n) is 12.1. The van der Waals surface area contributed by atoms with Crippen LogP contribution in [0.1, 0.15) is 12.0 Å². The number of pyridine rings is 1. The summed E-state index contributed by atoms with van der Waals surface area (Å²) >= 11 is 0. The van der Waals surface area contributed by atoms with E-state index in [1.807, 2.05) is 18.3 Å². The molecule has 0 aromatic carbocycles. The fraction of sp³-hybridized carbons (Fsp3) is 0.400. The minimum atomic E-state index is -0.950. The van der Waals surface area contributed by atoms with Crippen LogP contribution in [-0.2, 0) is 17.8 Å². The molecule has 0 spiro atoms. The molecule has 2 atom stereocenters. The Bertz CT molecular complexity index is 630. The smallest absolute Gasteiger partial charge is 0.242 e. The quantitative estimate of drug-likeness (QED) is 0.869.